The molecule has 44 heavy (non-hydrogen) atoms. The van der Waals surface area contributed by atoms with Gasteiger partial charge in [-0.3, -0.25) is 14.4 Å². The van der Waals surface area contributed by atoms with Crippen LogP contribution in [0, 0.1) is 0 Å². The molecular formula is C24H39N3O17. The van der Waals surface area contributed by atoms with Crippen LogP contribution in [0.2, 0.25) is 0 Å². The Balaban J connectivity index is 2.33. The largest absolute Gasteiger partial charge is 0.480 e. The number of ether oxygens (including phenoxy) is 4. The third-order valence-electron chi connectivity index (χ3n) is 6.84. The summed E-state index contributed by atoms with van der Waals surface area (Å²) < 4.78 is 22.0. The van der Waals surface area contributed by atoms with Crippen molar-refractivity contribution in [1.82, 2.24) is 16.0 Å². The second-order valence-corrected chi connectivity index (χ2v) is 10.4. The van der Waals surface area contributed by atoms with Crippen molar-refractivity contribution in [3.8, 4) is 0 Å². The second-order valence-electron chi connectivity index (χ2n) is 10.4. The van der Waals surface area contributed by atoms with Crippen molar-refractivity contribution in [1.29, 1.82) is 0 Å². The minimum atomic E-state index is -2.81. The molecule has 3 amide bonds. The monoisotopic (exact) mass is 641 g/mol. The molecule has 2 aliphatic rings. The van der Waals surface area contributed by atoms with Gasteiger partial charge in [0.25, 0.3) is 5.79 Å². The fourth-order valence-corrected chi connectivity index (χ4v) is 4.70. The van der Waals surface area contributed by atoms with Gasteiger partial charge in [0.2, 0.25) is 17.7 Å². The number of aliphatic hydroxyl groups excluding tert-OH is 6. The zero-order chi connectivity index (χ0) is 33.5. The highest BCUT2D eigenvalue weighted by molar-refractivity contribution is 5.82. The first-order chi connectivity index (χ1) is 20.4. The third-order valence-corrected chi connectivity index (χ3v) is 6.84. The van der Waals surface area contributed by atoms with Crippen LogP contribution in [0.1, 0.15) is 27.2 Å². The fourth-order valence-electron chi connectivity index (χ4n) is 4.70. The van der Waals surface area contributed by atoms with Crippen molar-refractivity contribution in [3.63, 3.8) is 0 Å². The van der Waals surface area contributed by atoms with Gasteiger partial charge in [0, 0.05) is 27.2 Å². The number of hydrogen-bond acceptors (Lipinski definition) is 15. The van der Waals surface area contributed by atoms with Gasteiger partial charge < -0.3 is 75.8 Å². The summed E-state index contributed by atoms with van der Waals surface area (Å²) in [6, 6.07) is -4.54. The van der Waals surface area contributed by atoms with Gasteiger partial charge >= 0.3 is 11.9 Å². The van der Waals surface area contributed by atoms with E-state index in [1.165, 1.54) is 0 Å². The van der Waals surface area contributed by atoms with Crippen molar-refractivity contribution >= 4 is 29.7 Å². The molecule has 20 nitrogen and oxygen atoms in total. The van der Waals surface area contributed by atoms with E-state index in [1.807, 2.05) is 0 Å². The van der Waals surface area contributed by atoms with E-state index < -0.39 is 129 Å². The average Bonchev–Trinajstić information content (AvgIpc) is 2.93. The number of hydrogen-bond donors (Lipinski definition) is 11. The summed E-state index contributed by atoms with van der Waals surface area (Å²) in [7, 11) is 0. The summed E-state index contributed by atoms with van der Waals surface area (Å²) in [5, 5.41) is 88.0. The van der Waals surface area contributed by atoms with Crippen molar-refractivity contribution in [3.05, 3.63) is 0 Å². The fraction of sp³-hybridized carbons (Fsp3) is 0.792. The Bertz CT molecular complexity index is 1050. The van der Waals surface area contributed by atoms with Crippen molar-refractivity contribution in [2.75, 3.05) is 19.8 Å². The van der Waals surface area contributed by atoms with Crippen LogP contribution in [-0.2, 0) is 42.9 Å². The van der Waals surface area contributed by atoms with Gasteiger partial charge in [0.1, 0.15) is 42.7 Å². The van der Waals surface area contributed by atoms with Crippen molar-refractivity contribution in [2.45, 2.75) is 100 Å². The number of amides is 3. The Labute approximate surface area is 249 Å². The number of aliphatic carboxylic acids is 2. The summed E-state index contributed by atoms with van der Waals surface area (Å²) in [4.78, 5) is 58.7. The lowest BCUT2D eigenvalue weighted by atomic mass is 9.88. The van der Waals surface area contributed by atoms with Crippen LogP contribution in [0.5, 0.6) is 0 Å². The number of carboxylic acids is 2. The molecule has 0 unspecified atom stereocenters. The van der Waals surface area contributed by atoms with Crippen LogP contribution >= 0.6 is 0 Å². The molecule has 252 valence electrons. The Morgan fingerprint density at radius 3 is 2.02 bits per heavy atom. The summed E-state index contributed by atoms with van der Waals surface area (Å²) in [6.45, 7) is 0.509. The molecule has 20 heteroatoms. The average molecular weight is 642 g/mol. The molecule has 2 fully saturated rings. The number of carbonyl (C=O) groups excluding carboxylic acids is 3. The predicted molar refractivity (Wildman–Crippen MR) is 138 cm³/mol. The highest BCUT2D eigenvalue weighted by Crippen LogP contribution is 2.34. The Morgan fingerprint density at radius 2 is 1.52 bits per heavy atom. The van der Waals surface area contributed by atoms with Gasteiger partial charge in [0.05, 0.1) is 32.0 Å². The number of rotatable bonds is 14. The number of aliphatic hydroxyl groups is 6. The van der Waals surface area contributed by atoms with Gasteiger partial charge in [0.15, 0.2) is 12.3 Å². The SMILES string of the molecule is CC(=O)N[C@H]1[C@@H](OC[C@H](NC(C)=O)C(=O)O)O[C@H](CO[C@]2(C(=O)O)C[C@H](O)[C@@H](NC(C)=O)[C@H]([C@H](O)[C@H](O)CO)O2)[C@H](O)[C@@H]1O. The van der Waals surface area contributed by atoms with E-state index in [0.29, 0.717) is 0 Å². The molecule has 0 aromatic heterocycles. The van der Waals surface area contributed by atoms with Gasteiger partial charge in [-0.2, -0.15) is 0 Å². The highest BCUT2D eigenvalue weighted by Gasteiger charge is 2.57. The molecule has 0 aliphatic carbocycles. The second kappa shape index (κ2) is 15.8. The lowest BCUT2D eigenvalue weighted by Crippen LogP contribution is -2.69. The first kappa shape index (κ1) is 37.1. The maximum Gasteiger partial charge on any atom is 0.364 e. The van der Waals surface area contributed by atoms with Gasteiger partial charge in [-0.25, -0.2) is 9.59 Å². The molecule has 2 saturated heterocycles. The van der Waals surface area contributed by atoms with Gasteiger partial charge in [-0.1, -0.05) is 0 Å². The van der Waals surface area contributed by atoms with Crippen LogP contribution in [0.25, 0.3) is 0 Å². The normalized spacial score (nSPS) is 34.2. The Kier molecular flexibility index (Phi) is 13.3. The smallest absolute Gasteiger partial charge is 0.364 e. The first-order valence-electron chi connectivity index (χ1n) is 13.3. The molecular weight excluding hydrogens is 602 g/mol. The summed E-state index contributed by atoms with van der Waals surface area (Å²) in [5.41, 5.74) is 0. The summed E-state index contributed by atoms with van der Waals surface area (Å²) in [6.07, 6.45) is -15.5. The molecule has 0 radical (unpaired) electrons. The zero-order valence-electron chi connectivity index (χ0n) is 23.9. The van der Waals surface area contributed by atoms with E-state index in [9.17, 15) is 64.8 Å². The zero-order valence-corrected chi connectivity index (χ0v) is 23.9. The van der Waals surface area contributed by atoms with Crippen LogP contribution in [0.15, 0.2) is 0 Å². The minimum Gasteiger partial charge on any atom is -0.480 e. The molecule has 12 atom stereocenters. The summed E-state index contributed by atoms with van der Waals surface area (Å²) >= 11 is 0. The number of carbonyl (C=O) groups is 5. The molecule has 0 aromatic carbocycles. The quantitative estimate of drug-likeness (QED) is 0.0840. The van der Waals surface area contributed by atoms with Gasteiger partial charge in [-0.15, -0.1) is 0 Å². The molecule has 2 heterocycles. The maximum atomic E-state index is 12.4. The highest BCUT2D eigenvalue weighted by atomic mass is 16.7. The third kappa shape index (κ3) is 9.23. The van der Waals surface area contributed by atoms with E-state index in [2.05, 4.69) is 16.0 Å². The Morgan fingerprint density at radius 1 is 0.932 bits per heavy atom. The topological polar surface area (TPSA) is 320 Å². The summed E-state index contributed by atoms with van der Waals surface area (Å²) in [5.74, 6) is -8.30. The molecule has 0 spiro atoms. The molecule has 0 aromatic rings. The standard InChI is InChI=1S/C24H39N3O17/c1-8(29)25-11(21(37)38)6-41-22-16(27-10(3)31)19(36)18(35)14(43-22)7-42-24(23(39)40)4-12(32)15(26-9(2)30)20(44-24)17(34)13(33)5-28/h11-20,22,28,32-36H,4-7H2,1-3H3,(H,25,29)(H,26,30)(H,27,31)(H,37,38)(H,39,40)/t11-,12-,13+,14+,15+,16+,17+,18-,19+,20+,22-,24+/m0/s1. The molecule has 0 bridgehead atoms. The number of nitrogens with one attached hydrogen (secondary N) is 3. The van der Waals surface area contributed by atoms with E-state index >= 15 is 0 Å². The lowest BCUT2D eigenvalue weighted by molar-refractivity contribution is -0.330. The number of carboxylic acid groups (broad SMARTS) is 2. The van der Waals surface area contributed by atoms with E-state index in [-0.39, 0.29) is 0 Å². The van der Waals surface area contributed by atoms with Crippen LogP contribution in [-0.4, -0.2) is 163 Å². The van der Waals surface area contributed by atoms with Gasteiger partial charge in [-0.05, 0) is 0 Å². The molecule has 2 aliphatic heterocycles. The maximum absolute atomic E-state index is 12.4. The molecule has 11 N–H and O–H groups in total. The molecule has 0 saturated carbocycles. The Hall–Kier alpha value is -3.05. The van der Waals surface area contributed by atoms with Crippen molar-refractivity contribution < 1.29 is 83.8 Å². The van der Waals surface area contributed by atoms with E-state index in [4.69, 9.17) is 18.9 Å². The lowest BCUT2D eigenvalue weighted by Gasteiger charge is -2.47. The predicted octanol–water partition coefficient (Wildman–Crippen LogP) is -6.29. The molecule has 2 rings (SSSR count). The minimum absolute atomic E-state index is 0.706. The van der Waals surface area contributed by atoms with E-state index in [1.54, 1.807) is 0 Å². The first-order valence-corrected chi connectivity index (χ1v) is 13.3. The van der Waals surface area contributed by atoms with Crippen LogP contribution in [0.4, 0.5) is 0 Å². The van der Waals surface area contributed by atoms with Crippen molar-refractivity contribution in [2.24, 2.45) is 0 Å². The van der Waals surface area contributed by atoms with Crippen LogP contribution < -0.4 is 16.0 Å². The van der Waals surface area contributed by atoms with Crippen LogP contribution in [0.3, 0.4) is 0 Å². The van der Waals surface area contributed by atoms with E-state index in [0.717, 1.165) is 20.8 Å².